The van der Waals surface area contributed by atoms with Gasteiger partial charge >= 0.3 is 0 Å². The van der Waals surface area contributed by atoms with Gasteiger partial charge in [-0.25, -0.2) is 4.98 Å². The minimum atomic E-state index is -0.0322. The first-order valence-electron chi connectivity index (χ1n) is 18.7. The van der Waals surface area contributed by atoms with Gasteiger partial charge in [0.25, 0.3) is 0 Å². The highest BCUT2D eigenvalue weighted by molar-refractivity contribution is 6.20. The van der Waals surface area contributed by atoms with Crippen molar-refractivity contribution in [2.24, 2.45) is 0 Å². The lowest BCUT2D eigenvalue weighted by atomic mass is 9.87. The van der Waals surface area contributed by atoms with Gasteiger partial charge in [-0.3, -0.25) is 4.57 Å². The number of hydrogen-bond acceptors (Lipinski definition) is 4. The number of anilines is 2. The third-order valence-electron chi connectivity index (χ3n) is 10.6. The maximum atomic E-state index is 6.68. The van der Waals surface area contributed by atoms with Gasteiger partial charge in [-0.15, -0.1) is 0 Å². The minimum Gasteiger partial charge on any atom is -0.457 e. The summed E-state index contributed by atoms with van der Waals surface area (Å²) in [5, 5.41) is 2.30. The lowest BCUT2D eigenvalue weighted by Gasteiger charge is -2.23. The van der Waals surface area contributed by atoms with Gasteiger partial charge in [0.05, 0.1) is 28.7 Å². The van der Waals surface area contributed by atoms with Gasteiger partial charge in [0.1, 0.15) is 17.3 Å². The van der Waals surface area contributed by atoms with Crippen LogP contribution in [0, 0.1) is 0 Å². The Kier molecular flexibility index (Phi) is 7.89. The number of para-hydroxylation sites is 2. The Bertz CT molecular complexity index is 2690. The molecule has 0 aliphatic carbocycles. The fraction of sp³-hybridized carbons (Fsp3) is 0.188. The van der Waals surface area contributed by atoms with Crippen LogP contribution in [0.4, 0.5) is 11.4 Å². The van der Waals surface area contributed by atoms with Crippen LogP contribution in [0.3, 0.4) is 0 Å². The molecular formula is C48H45N5O. The summed E-state index contributed by atoms with van der Waals surface area (Å²) in [7, 11) is 0. The number of benzene rings is 5. The molecule has 0 atom stereocenters. The zero-order chi connectivity index (χ0) is 37.2. The summed E-state index contributed by atoms with van der Waals surface area (Å²) in [6.07, 6.45) is 6.21. The number of rotatable bonds is 6. The minimum absolute atomic E-state index is 0.0322. The van der Waals surface area contributed by atoms with E-state index in [1.807, 2.05) is 12.3 Å². The van der Waals surface area contributed by atoms with Crippen molar-refractivity contribution in [1.82, 2.24) is 14.1 Å². The molecule has 0 saturated carbocycles. The molecule has 6 nitrogen and oxygen atoms in total. The molecule has 268 valence electrons. The number of nitrogens with zero attached hydrogens (tertiary/aromatic N) is 5. The molecular weight excluding hydrogens is 663 g/mol. The number of ether oxygens (including phenoxy) is 1. The van der Waals surface area contributed by atoms with Gasteiger partial charge in [0, 0.05) is 58.6 Å². The molecule has 0 unspecified atom stereocenters. The number of fused-ring (bicyclic) bond motifs is 5. The average molecular weight is 708 g/mol. The summed E-state index contributed by atoms with van der Waals surface area (Å²) in [6.45, 7) is 14.2. The van der Waals surface area contributed by atoms with Gasteiger partial charge in [-0.2, -0.15) is 0 Å². The summed E-state index contributed by atoms with van der Waals surface area (Å²) >= 11 is 0. The Morgan fingerprint density at radius 3 is 1.91 bits per heavy atom. The summed E-state index contributed by atoms with van der Waals surface area (Å²) in [6, 6.07) is 47.3. The number of hydrogen-bond donors (Lipinski definition) is 0. The second kappa shape index (κ2) is 12.7. The van der Waals surface area contributed by atoms with Crippen LogP contribution in [0.5, 0.6) is 11.5 Å². The average Bonchev–Trinajstić information content (AvgIpc) is 3.88. The van der Waals surface area contributed by atoms with Crippen LogP contribution >= 0.6 is 0 Å². The highest BCUT2D eigenvalue weighted by Gasteiger charge is 2.24. The fourth-order valence-electron chi connectivity index (χ4n) is 7.64. The van der Waals surface area contributed by atoms with Crippen LogP contribution < -0.4 is 14.5 Å². The quantitative estimate of drug-likeness (QED) is 0.172. The largest absolute Gasteiger partial charge is 0.457 e. The van der Waals surface area contributed by atoms with E-state index < -0.39 is 0 Å². The van der Waals surface area contributed by atoms with Crippen molar-refractivity contribution in [2.45, 2.75) is 52.4 Å². The Balaban J connectivity index is 1.12. The standard InChI is InChI=1S/C48H45N5O/c1-47(2,3)33-19-21-35(22-20-33)50-27-28-51(32-50)37-15-12-16-38(30-37)54-39-23-24-41-43(31-39)53(44-29-34(25-26-49-44)48(4,5)6)46-40-17-10-11-18-42(40)52(45(41)46)36-13-8-7-9-14-36/h7-31H,32H2,1-6H3. The first-order chi connectivity index (χ1) is 26.0. The molecule has 0 bridgehead atoms. The van der Waals surface area contributed by atoms with Gasteiger partial charge in [-0.1, -0.05) is 96.1 Å². The molecule has 0 fully saturated rings. The molecule has 1 aliphatic rings. The van der Waals surface area contributed by atoms with Crippen LogP contribution in [0.25, 0.3) is 44.3 Å². The van der Waals surface area contributed by atoms with Crippen LogP contribution in [-0.2, 0) is 10.8 Å². The summed E-state index contributed by atoms with van der Waals surface area (Å²) in [5.41, 5.74) is 10.5. The van der Waals surface area contributed by atoms with Crippen molar-refractivity contribution in [3.8, 4) is 23.0 Å². The van der Waals surface area contributed by atoms with Crippen LogP contribution in [0.1, 0.15) is 52.7 Å². The molecule has 9 rings (SSSR count). The SMILES string of the molecule is CC(C)(C)c1ccc(N2C=CN(c3cccc(Oc4ccc5c(c4)n(-c4cc(C(C)(C)C)ccn4)c4c6ccccc6n(-c6ccccc6)c54)c3)C2)cc1. The van der Waals surface area contributed by atoms with Gasteiger partial charge in [0.15, 0.2) is 0 Å². The van der Waals surface area contributed by atoms with Crippen molar-refractivity contribution in [3.63, 3.8) is 0 Å². The molecule has 0 N–H and O–H groups in total. The first kappa shape index (κ1) is 33.6. The van der Waals surface area contributed by atoms with Crippen molar-refractivity contribution in [2.75, 3.05) is 16.5 Å². The molecule has 4 heterocycles. The first-order valence-corrected chi connectivity index (χ1v) is 18.7. The van der Waals surface area contributed by atoms with E-state index in [0.29, 0.717) is 0 Å². The van der Waals surface area contributed by atoms with E-state index in [2.05, 4.69) is 200 Å². The van der Waals surface area contributed by atoms with E-state index >= 15 is 0 Å². The van der Waals surface area contributed by atoms with Crippen molar-refractivity contribution >= 4 is 44.2 Å². The lowest BCUT2D eigenvalue weighted by molar-refractivity contribution is 0.483. The van der Waals surface area contributed by atoms with Gasteiger partial charge in [-0.05, 0) is 88.7 Å². The fourth-order valence-corrected chi connectivity index (χ4v) is 7.64. The van der Waals surface area contributed by atoms with Crippen LogP contribution in [0.2, 0.25) is 0 Å². The highest BCUT2D eigenvalue weighted by atomic mass is 16.5. The van der Waals surface area contributed by atoms with Crippen LogP contribution in [-0.4, -0.2) is 20.8 Å². The van der Waals surface area contributed by atoms with Crippen molar-refractivity contribution in [3.05, 3.63) is 163 Å². The summed E-state index contributed by atoms with van der Waals surface area (Å²) in [4.78, 5) is 9.50. The molecule has 6 heteroatoms. The molecule has 54 heavy (non-hydrogen) atoms. The smallest absolute Gasteiger partial charge is 0.137 e. The summed E-state index contributed by atoms with van der Waals surface area (Å²) in [5.74, 6) is 2.43. The molecule has 0 amide bonds. The number of pyridine rings is 1. The van der Waals surface area contributed by atoms with Crippen molar-refractivity contribution in [1.29, 1.82) is 0 Å². The predicted molar refractivity (Wildman–Crippen MR) is 225 cm³/mol. The zero-order valence-electron chi connectivity index (χ0n) is 31.8. The second-order valence-corrected chi connectivity index (χ2v) is 16.3. The molecule has 8 aromatic rings. The normalized spacial score (nSPS) is 13.5. The third-order valence-corrected chi connectivity index (χ3v) is 10.6. The Morgan fingerprint density at radius 2 is 1.15 bits per heavy atom. The topological polar surface area (TPSA) is 38.5 Å². The van der Waals surface area contributed by atoms with E-state index in [9.17, 15) is 0 Å². The molecule has 3 aromatic heterocycles. The maximum absolute atomic E-state index is 6.68. The van der Waals surface area contributed by atoms with E-state index in [0.717, 1.165) is 62.8 Å². The zero-order valence-corrected chi connectivity index (χ0v) is 31.8. The lowest BCUT2D eigenvalue weighted by Crippen LogP contribution is -2.24. The number of aromatic nitrogens is 3. The molecule has 0 radical (unpaired) electrons. The predicted octanol–water partition coefficient (Wildman–Crippen LogP) is 12.3. The summed E-state index contributed by atoms with van der Waals surface area (Å²) < 4.78 is 11.4. The van der Waals surface area contributed by atoms with Crippen LogP contribution in [0.15, 0.2) is 152 Å². The molecule has 5 aromatic carbocycles. The molecule has 0 saturated heterocycles. The molecule has 0 spiro atoms. The van der Waals surface area contributed by atoms with Gasteiger partial charge in [0.2, 0.25) is 0 Å². The Labute approximate surface area is 317 Å². The van der Waals surface area contributed by atoms with E-state index in [1.165, 1.54) is 22.2 Å². The molecule has 1 aliphatic heterocycles. The maximum Gasteiger partial charge on any atom is 0.137 e. The second-order valence-electron chi connectivity index (χ2n) is 16.3. The Morgan fingerprint density at radius 1 is 0.500 bits per heavy atom. The highest BCUT2D eigenvalue weighted by Crippen LogP contribution is 2.42. The van der Waals surface area contributed by atoms with E-state index in [-0.39, 0.29) is 10.8 Å². The van der Waals surface area contributed by atoms with Crippen molar-refractivity contribution < 1.29 is 4.74 Å². The van der Waals surface area contributed by atoms with E-state index in [4.69, 9.17) is 9.72 Å². The van der Waals surface area contributed by atoms with Gasteiger partial charge < -0.3 is 19.1 Å². The third kappa shape index (κ3) is 5.88. The van der Waals surface area contributed by atoms with E-state index in [1.54, 1.807) is 0 Å². The Hall–Kier alpha value is -6.27. The monoisotopic (exact) mass is 707 g/mol.